The molecule has 0 aliphatic carbocycles. The molecule has 0 bridgehead atoms. The molecular formula is C14H21N5O2. The lowest BCUT2D eigenvalue weighted by atomic mass is 10.2. The summed E-state index contributed by atoms with van der Waals surface area (Å²) in [5, 5.41) is 2.78. The first-order chi connectivity index (χ1) is 10.1. The summed E-state index contributed by atoms with van der Waals surface area (Å²) in [7, 11) is 0. The lowest BCUT2D eigenvalue weighted by Crippen LogP contribution is -2.51. The van der Waals surface area contributed by atoms with Gasteiger partial charge in [0.2, 0.25) is 5.91 Å². The number of carbonyl (C=O) groups is 2. The van der Waals surface area contributed by atoms with Crippen LogP contribution in [0, 0.1) is 0 Å². The van der Waals surface area contributed by atoms with Crippen LogP contribution in [0.4, 0.5) is 5.82 Å². The molecule has 1 aromatic heterocycles. The maximum atomic E-state index is 12.3. The average Bonchev–Trinajstić information content (AvgIpc) is 2.48. The van der Waals surface area contributed by atoms with Gasteiger partial charge in [-0.15, -0.1) is 0 Å². The van der Waals surface area contributed by atoms with Gasteiger partial charge in [-0.05, 0) is 19.1 Å². The van der Waals surface area contributed by atoms with Crippen molar-refractivity contribution in [2.45, 2.75) is 6.92 Å². The molecule has 1 aliphatic rings. The third-order valence-electron chi connectivity index (χ3n) is 3.43. The predicted molar refractivity (Wildman–Crippen MR) is 79.7 cm³/mol. The fourth-order valence-electron chi connectivity index (χ4n) is 2.28. The van der Waals surface area contributed by atoms with Gasteiger partial charge < -0.3 is 16.0 Å². The maximum absolute atomic E-state index is 12.3. The number of piperazine rings is 1. The average molecular weight is 291 g/mol. The highest BCUT2D eigenvalue weighted by Gasteiger charge is 2.23. The number of carbonyl (C=O) groups excluding carboxylic acids is 2. The molecule has 0 radical (unpaired) electrons. The molecular weight excluding hydrogens is 270 g/mol. The van der Waals surface area contributed by atoms with E-state index in [-0.39, 0.29) is 11.8 Å². The Morgan fingerprint density at radius 3 is 2.57 bits per heavy atom. The number of likely N-dealkylation sites (N-methyl/N-ethyl adjacent to an activating group) is 1. The van der Waals surface area contributed by atoms with Crippen molar-refractivity contribution in [2.75, 3.05) is 45.0 Å². The molecule has 21 heavy (non-hydrogen) atoms. The molecule has 2 amide bonds. The zero-order valence-corrected chi connectivity index (χ0v) is 12.2. The van der Waals surface area contributed by atoms with E-state index in [2.05, 4.69) is 15.2 Å². The van der Waals surface area contributed by atoms with Crippen molar-refractivity contribution in [3.63, 3.8) is 0 Å². The fourth-order valence-corrected chi connectivity index (χ4v) is 2.28. The lowest BCUT2D eigenvalue weighted by molar-refractivity contribution is -0.122. The van der Waals surface area contributed by atoms with Crippen LogP contribution in [0.3, 0.4) is 0 Å². The quantitative estimate of drug-likeness (QED) is 0.784. The first-order valence-corrected chi connectivity index (χ1v) is 7.10. The molecule has 7 heteroatoms. The van der Waals surface area contributed by atoms with Gasteiger partial charge >= 0.3 is 0 Å². The van der Waals surface area contributed by atoms with Gasteiger partial charge in [0.25, 0.3) is 5.91 Å². The van der Waals surface area contributed by atoms with Gasteiger partial charge in [-0.1, -0.05) is 0 Å². The van der Waals surface area contributed by atoms with Crippen molar-refractivity contribution in [3.05, 3.63) is 23.9 Å². The highest BCUT2D eigenvalue weighted by atomic mass is 16.2. The van der Waals surface area contributed by atoms with E-state index >= 15 is 0 Å². The second-order valence-corrected chi connectivity index (χ2v) is 4.99. The van der Waals surface area contributed by atoms with Crippen molar-refractivity contribution in [3.8, 4) is 0 Å². The molecule has 2 rings (SSSR count). The van der Waals surface area contributed by atoms with Crippen LogP contribution >= 0.6 is 0 Å². The Hall–Kier alpha value is -2.15. The first kappa shape index (κ1) is 15.2. The number of rotatable bonds is 4. The zero-order valence-electron chi connectivity index (χ0n) is 12.2. The van der Waals surface area contributed by atoms with E-state index in [0.29, 0.717) is 50.6 Å². The van der Waals surface area contributed by atoms with Gasteiger partial charge in [-0.3, -0.25) is 14.5 Å². The summed E-state index contributed by atoms with van der Waals surface area (Å²) in [6, 6.07) is 3.31. The van der Waals surface area contributed by atoms with Crippen LogP contribution in [-0.2, 0) is 4.79 Å². The third-order valence-corrected chi connectivity index (χ3v) is 3.43. The molecule has 0 spiro atoms. The molecule has 114 valence electrons. The Kier molecular flexibility index (Phi) is 5.10. The molecule has 0 aromatic carbocycles. The van der Waals surface area contributed by atoms with Crippen molar-refractivity contribution in [1.29, 1.82) is 0 Å². The van der Waals surface area contributed by atoms with Gasteiger partial charge in [0.1, 0.15) is 5.82 Å². The maximum Gasteiger partial charge on any atom is 0.255 e. The van der Waals surface area contributed by atoms with E-state index in [0.717, 1.165) is 0 Å². The topological polar surface area (TPSA) is 91.6 Å². The number of amides is 2. The number of aromatic nitrogens is 1. The molecule has 0 saturated carbocycles. The number of nitrogens with two attached hydrogens (primary N) is 1. The van der Waals surface area contributed by atoms with Crippen LogP contribution in [0.15, 0.2) is 18.3 Å². The van der Waals surface area contributed by atoms with Crippen LogP contribution in [0.2, 0.25) is 0 Å². The smallest absolute Gasteiger partial charge is 0.255 e. The minimum Gasteiger partial charge on any atom is -0.384 e. The van der Waals surface area contributed by atoms with Crippen molar-refractivity contribution in [2.24, 2.45) is 0 Å². The van der Waals surface area contributed by atoms with Crippen LogP contribution in [-0.4, -0.2) is 65.9 Å². The Labute approximate surface area is 124 Å². The molecule has 1 saturated heterocycles. The van der Waals surface area contributed by atoms with Gasteiger partial charge in [0.05, 0.1) is 12.1 Å². The molecule has 0 atom stereocenters. The number of nitrogen functional groups attached to an aromatic ring is 1. The predicted octanol–water partition coefficient (Wildman–Crippen LogP) is -0.442. The minimum absolute atomic E-state index is 0.0278. The van der Waals surface area contributed by atoms with E-state index < -0.39 is 0 Å². The number of hydrogen-bond donors (Lipinski definition) is 2. The summed E-state index contributed by atoms with van der Waals surface area (Å²) >= 11 is 0. The highest BCUT2D eigenvalue weighted by molar-refractivity contribution is 5.94. The van der Waals surface area contributed by atoms with Gasteiger partial charge in [-0.2, -0.15) is 0 Å². The third kappa shape index (κ3) is 4.16. The normalized spacial score (nSPS) is 15.8. The van der Waals surface area contributed by atoms with E-state index in [1.807, 2.05) is 6.92 Å². The summed E-state index contributed by atoms with van der Waals surface area (Å²) in [5.41, 5.74) is 6.06. The summed E-state index contributed by atoms with van der Waals surface area (Å²) in [4.78, 5) is 31.6. The molecule has 1 aromatic rings. The van der Waals surface area contributed by atoms with E-state index in [1.165, 1.54) is 6.20 Å². The number of nitrogens with one attached hydrogen (secondary N) is 1. The van der Waals surface area contributed by atoms with E-state index in [1.54, 1.807) is 17.0 Å². The van der Waals surface area contributed by atoms with Crippen molar-refractivity contribution < 1.29 is 9.59 Å². The molecule has 0 unspecified atom stereocenters. The minimum atomic E-state index is -0.0415. The Bertz CT molecular complexity index is 495. The Morgan fingerprint density at radius 1 is 1.29 bits per heavy atom. The van der Waals surface area contributed by atoms with Crippen molar-refractivity contribution >= 4 is 17.6 Å². The monoisotopic (exact) mass is 291 g/mol. The highest BCUT2D eigenvalue weighted by Crippen LogP contribution is 2.09. The van der Waals surface area contributed by atoms with E-state index in [9.17, 15) is 9.59 Å². The summed E-state index contributed by atoms with van der Waals surface area (Å²) in [6.45, 7) is 5.55. The number of pyridine rings is 1. The summed E-state index contributed by atoms with van der Waals surface area (Å²) in [6.07, 6.45) is 1.50. The van der Waals surface area contributed by atoms with Crippen LogP contribution < -0.4 is 11.1 Å². The van der Waals surface area contributed by atoms with Crippen LogP contribution in [0.25, 0.3) is 0 Å². The Balaban J connectivity index is 1.84. The second-order valence-electron chi connectivity index (χ2n) is 4.99. The summed E-state index contributed by atoms with van der Waals surface area (Å²) in [5.74, 6) is 0.387. The fraction of sp³-hybridized carbons (Fsp3) is 0.500. The van der Waals surface area contributed by atoms with Crippen molar-refractivity contribution in [1.82, 2.24) is 20.1 Å². The van der Waals surface area contributed by atoms with Gasteiger partial charge in [0.15, 0.2) is 0 Å². The van der Waals surface area contributed by atoms with Gasteiger partial charge in [0, 0.05) is 38.9 Å². The largest absolute Gasteiger partial charge is 0.384 e. The lowest BCUT2D eigenvalue weighted by Gasteiger charge is -2.34. The molecule has 2 heterocycles. The first-order valence-electron chi connectivity index (χ1n) is 7.10. The molecule has 1 fully saturated rings. The van der Waals surface area contributed by atoms with Crippen LogP contribution in [0.5, 0.6) is 0 Å². The molecule has 1 aliphatic heterocycles. The standard InChI is InChI=1S/C14H21N5O2/c1-2-16-13(20)10-18-5-7-19(8-6-18)14(21)11-3-4-12(15)17-9-11/h3-4,9H,2,5-8,10H2,1H3,(H2,15,17)(H,16,20). The summed E-state index contributed by atoms with van der Waals surface area (Å²) < 4.78 is 0. The molecule has 7 nitrogen and oxygen atoms in total. The number of anilines is 1. The van der Waals surface area contributed by atoms with E-state index in [4.69, 9.17) is 5.73 Å². The van der Waals surface area contributed by atoms with Crippen LogP contribution in [0.1, 0.15) is 17.3 Å². The zero-order chi connectivity index (χ0) is 15.2. The number of hydrogen-bond acceptors (Lipinski definition) is 5. The SMILES string of the molecule is CCNC(=O)CN1CCN(C(=O)c2ccc(N)nc2)CC1. The Morgan fingerprint density at radius 2 is 2.00 bits per heavy atom. The number of nitrogens with zero attached hydrogens (tertiary/aromatic N) is 3. The second kappa shape index (κ2) is 7.03. The van der Waals surface area contributed by atoms with Gasteiger partial charge in [-0.25, -0.2) is 4.98 Å². The molecule has 3 N–H and O–H groups in total.